The van der Waals surface area contributed by atoms with Gasteiger partial charge in [-0.25, -0.2) is 4.79 Å². The van der Waals surface area contributed by atoms with Crippen molar-refractivity contribution >= 4 is 17.9 Å². The van der Waals surface area contributed by atoms with Crippen LogP contribution in [0.5, 0.6) is 0 Å². The molecule has 3 aliphatic rings. The molecule has 0 radical (unpaired) electrons. The van der Waals surface area contributed by atoms with Gasteiger partial charge in [0.15, 0.2) is 12.2 Å². The summed E-state index contributed by atoms with van der Waals surface area (Å²) in [7, 11) is 1.28. The Kier molecular flexibility index (Phi) is 3.24. The number of fused-ring (bicyclic) bond motifs is 1. The van der Waals surface area contributed by atoms with E-state index >= 15 is 0 Å². The third kappa shape index (κ3) is 2.03. The highest BCUT2D eigenvalue weighted by Gasteiger charge is 2.69. The van der Waals surface area contributed by atoms with Crippen molar-refractivity contribution in [2.45, 2.75) is 37.8 Å². The largest absolute Gasteiger partial charge is 0.469 e. The van der Waals surface area contributed by atoms with E-state index in [1.165, 1.54) is 14.0 Å². The average Bonchev–Trinajstić information content (AvgIpc) is 3.02. The number of carbonyl (C=O) groups is 3. The van der Waals surface area contributed by atoms with Crippen LogP contribution in [0.4, 0.5) is 0 Å². The van der Waals surface area contributed by atoms with Crippen molar-refractivity contribution in [2.75, 3.05) is 7.11 Å². The Bertz CT molecular complexity index is 525. The number of rotatable bonds is 4. The van der Waals surface area contributed by atoms with Gasteiger partial charge < -0.3 is 18.9 Å². The van der Waals surface area contributed by atoms with Gasteiger partial charge >= 0.3 is 17.9 Å². The Morgan fingerprint density at radius 2 is 2.00 bits per heavy atom. The second-order valence-electron chi connectivity index (χ2n) is 5.59. The molecular weight excluding hydrogens is 280 g/mol. The molecule has 3 saturated heterocycles. The zero-order chi connectivity index (χ0) is 15.3. The van der Waals surface area contributed by atoms with Crippen molar-refractivity contribution in [1.82, 2.24) is 0 Å². The van der Waals surface area contributed by atoms with E-state index in [-0.39, 0.29) is 12.0 Å². The molecule has 7 nitrogen and oxygen atoms in total. The molecule has 0 aromatic rings. The minimum Gasteiger partial charge on any atom is -0.469 e. The fraction of sp³-hybridized carbons (Fsp3) is 0.643. The maximum absolute atomic E-state index is 11.9. The summed E-state index contributed by atoms with van der Waals surface area (Å²) in [6, 6.07) is 0. The molecular formula is C14H16O7. The van der Waals surface area contributed by atoms with Crippen LogP contribution < -0.4 is 0 Å². The van der Waals surface area contributed by atoms with Crippen molar-refractivity contribution in [3.8, 4) is 0 Å². The van der Waals surface area contributed by atoms with Crippen molar-refractivity contribution in [2.24, 2.45) is 11.8 Å². The van der Waals surface area contributed by atoms with Crippen LogP contribution in [0.2, 0.25) is 0 Å². The smallest absolute Gasteiger partial charge is 0.333 e. The first-order valence-electron chi connectivity index (χ1n) is 6.73. The van der Waals surface area contributed by atoms with E-state index in [1.54, 1.807) is 0 Å². The minimum atomic E-state index is -0.698. The minimum absolute atomic E-state index is 0.0330. The zero-order valence-electron chi connectivity index (χ0n) is 11.7. The molecule has 3 aliphatic heterocycles. The number of esters is 3. The van der Waals surface area contributed by atoms with Crippen LogP contribution >= 0.6 is 0 Å². The average molecular weight is 296 g/mol. The summed E-state index contributed by atoms with van der Waals surface area (Å²) >= 11 is 0. The SMILES string of the molecule is C=C(C)C(=O)OC1C2OC3C1OC(=O)C3C2CC(=O)OC. The second-order valence-corrected chi connectivity index (χ2v) is 5.59. The molecule has 2 bridgehead atoms. The number of ether oxygens (including phenoxy) is 4. The molecule has 3 heterocycles. The first-order chi connectivity index (χ1) is 9.93. The molecule has 3 fully saturated rings. The van der Waals surface area contributed by atoms with Crippen molar-refractivity contribution in [3.63, 3.8) is 0 Å². The van der Waals surface area contributed by atoms with Gasteiger partial charge in [0, 0.05) is 11.5 Å². The lowest BCUT2D eigenvalue weighted by molar-refractivity contribution is -0.157. The topological polar surface area (TPSA) is 88.1 Å². The van der Waals surface area contributed by atoms with Crippen LogP contribution in [0.25, 0.3) is 0 Å². The second kappa shape index (κ2) is 4.84. The Hall–Kier alpha value is -1.89. The van der Waals surface area contributed by atoms with Crippen LogP contribution in [0, 0.1) is 11.8 Å². The van der Waals surface area contributed by atoms with Crippen LogP contribution in [-0.2, 0) is 33.3 Å². The van der Waals surface area contributed by atoms with Gasteiger partial charge in [-0.2, -0.15) is 0 Å². The lowest BCUT2D eigenvalue weighted by Crippen LogP contribution is -2.45. The van der Waals surface area contributed by atoms with E-state index in [0.29, 0.717) is 0 Å². The first kappa shape index (κ1) is 14.1. The van der Waals surface area contributed by atoms with E-state index in [9.17, 15) is 14.4 Å². The summed E-state index contributed by atoms with van der Waals surface area (Å²) < 4.78 is 21.0. The molecule has 0 saturated carbocycles. The van der Waals surface area contributed by atoms with E-state index < -0.39 is 54.2 Å². The normalized spacial score (nSPS) is 39.0. The van der Waals surface area contributed by atoms with Gasteiger partial charge in [-0.1, -0.05) is 6.58 Å². The summed E-state index contributed by atoms with van der Waals surface area (Å²) in [5, 5.41) is 0. The quantitative estimate of drug-likeness (QED) is 0.409. The highest BCUT2D eigenvalue weighted by Crippen LogP contribution is 2.52. The zero-order valence-corrected chi connectivity index (χ0v) is 11.7. The Labute approximate surface area is 121 Å². The maximum atomic E-state index is 11.9. The van der Waals surface area contributed by atoms with Crippen molar-refractivity contribution in [1.29, 1.82) is 0 Å². The van der Waals surface area contributed by atoms with Gasteiger partial charge in [0.25, 0.3) is 0 Å². The standard InChI is InChI=1S/C14H16O7/c1-5(2)13(16)20-11-9-6(4-7(15)18-3)8-10(19-9)12(11)21-14(8)17/h6,8-12H,1,4H2,2-3H3. The summed E-state index contributed by atoms with van der Waals surface area (Å²) in [5.41, 5.74) is 0.253. The molecule has 7 heteroatoms. The molecule has 0 N–H and O–H groups in total. The molecule has 0 aliphatic carbocycles. The van der Waals surface area contributed by atoms with Gasteiger partial charge in [0.05, 0.1) is 19.4 Å². The number of methoxy groups -OCH3 is 1. The lowest BCUT2D eigenvalue weighted by atomic mass is 9.77. The maximum Gasteiger partial charge on any atom is 0.333 e. The van der Waals surface area contributed by atoms with E-state index in [2.05, 4.69) is 11.3 Å². The summed E-state index contributed by atoms with van der Waals surface area (Å²) in [6.45, 7) is 5.05. The van der Waals surface area contributed by atoms with E-state index in [4.69, 9.17) is 14.2 Å². The van der Waals surface area contributed by atoms with Crippen molar-refractivity contribution < 1.29 is 33.3 Å². The predicted octanol–water partition coefficient (Wildman–Crippen LogP) is -0.0238. The summed E-state index contributed by atoms with van der Waals surface area (Å²) in [6.07, 6.45) is -2.24. The third-order valence-electron chi connectivity index (χ3n) is 4.27. The van der Waals surface area contributed by atoms with E-state index in [0.717, 1.165) is 0 Å². The molecule has 0 aromatic carbocycles. The molecule has 21 heavy (non-hydrogen) atoms. The third-order valence-corrected chi connectivity index (χ3v) is 4.27. The highest BCUT2D eigenvalue weighted by molar-refractivity contribution is 5.87. The number of hydrogen-bond donors (Lipinski definition) is 0. The van der Waals surface area contributed by atoms with Gasteiger partial charge in [-0.15, -0.1) is 0 Å². The first-order valence-corrected chi connectivity index (χ1v) is 6.73. The summed E-state index contributed by atoms with van der Waals surface area (Å²) in [4.78, 5) is 35.1. The van der Waals surface area contributed by atoms with Crippen LogP contribution in [0.1, 0.15) is 13.3 Å². The number of carbonyl (C=O) groups excluding carboxylic acids is 3. The fourth-order valence-corrected chi connectivity index (χ4v) is 3.32. The molecule has 0 aromatic heterocycles. The van der Waals surface area contributed by atoms with Crippen molar-refractivity contribution in [3.05, 3.63) is 12.2 Å². The van der Waals surface area contributed by atoms with E-state index in [1.807, 2.05) is 0 Å². The monoisotopic (exact) mass is 296 g/mol. The fourth-order valence-electron chi connectivity index (χ4n) is 3.32. The Morgan fingerprint density at radius 3 is 2.62 bits per heavy atom. The molecule has 114 valence electrons. The number of hydrogen-bond acceptors (Lipinski definition) is 7. The molecule has 0 amide bonds. The molecule has 6 atom stereocenters. The van der Waals surface area contributed by atoms with Crippen LogP contribution in [0.3, 0.4) is 0 Å². The molecule has 6 unspecified atom stereocenters. The molecule has 3 rings (SSSR count). The molecule has 0 spiro atoms. The van der Waals surface area contributed by atoms with Gasteiger partial charge in [-0.3, -0.25) is 9.59 Å². The van der Waals surface area contributed by atoms with Gasteiger partial charge in [-0.05, 0) is 6.92 Å². The van der Waals surface area contributed by atoms with Gasteiger partial charge in [0.2, 0.25) is 0 Å². The van der Waals surface area contributed by atoms with Crippen LogP contribution in [-0.4, -0.2) is 49.4 Å². The summed E-state index contributed by atoms with van der Waals surface area (Å²) in [5.74, 6) is -2.28. The Morgan fingerprint density at radius 1 is 1.29 bits per heavy atom. The van der Waals surface area contributed by atoms with Gasteiger partial charge in [0.1, 0.15) is 12.2 Å². The predicted molar refractivity (Wildman–Crippen MR) is 66.8 cm³/mol. The lowest BCUT2D eigenvalue weighted by Gasteiger charge is -2.27. The highest BCUT2D eigenvalue weighted by atomic mass is 16.7. The Balaban J connectivity index is 1.82. The van der Waals surface area contributed by atoms with Crippen LogP contribution in [0.15, 0.2) is 12.2 Å².